The van der Waals surface area contributed by atoms with Gasteiger partial charge in [0.05, 0.1) is 6.20 Å². The fourth-order valence-corrected chi connectivity index (χ4v) is 1.91. The van der Waals surface area contributed by atoms with E-state index in [1.165, 1.54) is 5.56 Å². The number of rotatable bonds is 3. The maximum Gasteiger partial charge on any atom is 0.143 e. The van der Waals surface area contributed by atoms with Crippen molar-refractivity contribution in [2.24, 2.45) is 5.73 Å². The Morgan fingerprint density at radius 1 is 1.43 bits per heavy atom. The Labute approximate surface area is 83.4 Å². The molecule has 1 aromatic heterocycles. The maximum absolute atomic E-state index is 5.52. The van der Waals surface area contributed by atoms with Gasteiger partial charge in [0.2, 0.25) is 0 Å². The van der Waals surface area contributed by atoms with E-state index in [0.717, 1.165) is 38.2 Å². The van der Waals surface area contributed by atoms with Crippen LogP contribution in [0, 0.1) is 0 Å². The van der Waals surface area contributed by atoms with Gasteiger partial charge in [-0.2, -0.15) is 0 Å². The summed E-state index contributed by atoms with van der Waals surface area (Å²) in [4.78, 5) is 0. The maximum atomic E-state index is 5.52. The molecule has 1 aliphatic heterocycles. The van der Waals surface area contributed by atoms with Gasteiger partial charge in [-0.25, -0.2) is 0 Å². The van der Waals surface area contributed by atoms with Crippen molar-refractivity contribution in [2.45, 2.75) is 25.2 Å². The molecule has 1 aliphatic rings. The molecule has 4 nitrogen and oxygen atoms in total. The Hall–Kier alpha value is -0.870. The second-order valence-corrected chi connectivity index (χ2v) is 3.64. The van der Waals surface area contributed by atoms with Crippen LogP contribution >= 0.6 is 0 Å². The number of hydrogen-bond acceptors (Lipinski definition) is 4. The van der Waals surface area contributed by atoms with E-state index in [1.54, 1.807) is 6.20 Å². The normalized spacial score (nSPS) is 18.6. The summed E-state index contributed by atoms with van der Waals surface area (Å²) in [5, 5.41) is 3.84. The SMILES string of the molecule is NCCc1cnoc1C1CCOCC1. The lowest BCUT2D eigenvalue weighted by Gasteiger charge is -2.20. The summed E-state index contributed by atoms with van der Waals surface area (Å²) in [5.74, 6) is 1.51. The van der Waals surface area contributed by atoms with E-state index in [-0.39, 0.29) is 0 Å². The minimum atomic E-state index is 0.479. The summed E-state index contributed by atoms with van der Waals surface area (Å²) in [5.41, 5.74) is 6.69. The minimum Gasteiger partial charge on any atom is -0.381 e. The largest absolute Gasteiger partial charge is 0.381 e. The van der Waals surface area contributed by atoms with E-state index in [0.29, 0.717) is 12.5 Å². The first kappa shape index (κ1) is 9.68. The van der Waals surface area contributed by atoms with E-state index in [4.69, 9.17) is 15.0 Å². The molecule has 0 amide bonds. The fourth-order valence-electron chi connectivity index (χ4n) is 1.91. The van der Waals surface area contributed by atoms with Gasteiger partial charge in [-0.05, 0) is 25.8 Å². The Morgan fingerprint density at radius 2 is 2.21 bits per heavy atom. The van der Waals surface area contributed by atoms with Gasteiger partial charge in [-0.3, -0.25) is 0 Å². The van der Waals surface area contributed by atoms with Crippen LogP contribution in [-0.2, 0) is 11.2 Å². The zero-order valence-electron chi connectivity index (χ0n) is 8.24. The van der Waals surface area contributed by atoms with Crippen molar-refractivity contribution in [3.05, 3.63) is 17.5 Å². The molecule has 0 bridgehead atoms. The van der Waals surface area contributed by atoms with Crippen LogP contribution < -0.4 is 5.73 Å². The first-order chi connectivity index (χ1) is 6.92. The third kappa shape index (κ3) is 1.96. The topological polar surface area (TPSA) is 61.3 Å². The van der Waals surface area contributed by atoms with Crippen LogP contribution in [0.4, 0.5) is 0 Å². The summed E-state index contributed by atoms with van der Waals surface area (Å²) < 4.78 is 10.6. The smallest absolute Gasteiger partial charge is 0.143 e. The van der Waals surface area contributed by atoms with Crippen molar-refractivity contribution < 1.29 is 9.26 Å². The van der Waals surface area contributed by atoms with Gasteiger partial charge in [-0.15, -0.1) is 0 Å². The predicted octanol–water partition coefficient (Wildman–Crippen LogP) is 1.07. The molecule has 2 heterocycles. The van der Waals surface area contributed by atoms with E-state index in [9.17, 15) is 0 Å². The van der Waals surface area contributed by atoms with Crippen LogP contribution in [0.2, 0.25) is 0 Å². The van der Waals surface area contributed by atoms with E-state index in [2.05, 4.69) is 5.16 Å². The predicted molar refractivity (Wildman–Crippen MR) is 52.1 cm³/mol. The Bertz CT molecular complexity index is 279. The lowest BCUT2D eigenvalue weighted by Crippen LogP contribution is -2.15. The van der Waals surface area contributed by atoms with Crippen LogP contribution in [-0.4, -0.2) is 24.9 Å². The zero-order chi connectivity index (χ0) is 9.80. The summed E-state index contributed by atoms with van der Waals surface area (Å²) in [6, 6.07) is 0. The van der Waals surface area contributed by atoms with Gasteiger partial charge in [0.25, 0.3) is 0 Å². The molecule has 4 heteroatoms. The average Bonchev–Trinajstić information content (AvgIpc) is 2.68. The average molecular weight is 196 g/mol. The van der Waals surface area contributed by atoms with Gasteiger partial charge in [0, 0.05) is 24.7 Å². The number of hydrogen-bond donors (Lipinski definition) is 1. The van der Waals surface area contributed by atoms with Crippen LogP contribution in [0.3, 0.4) is 0 Å². The minimum absolute atomic E-state index is 0.479. The highest BCUT2D eigenvalue weighted by Crippen LogP contribution is 2.29. The van der Waals surface area contributed by atoms with Gasteiger partial charge >= 0.3 is 0 Å². The second-order valence-electron chi connectivity index (χ2n) is 3.64. The molecule has 78 valence electrons. The van der Waals surface area contributed by atoms with Crippen molar-refractivity contribution in [1.82, 2.24) is 5.16 Å². The third-order valence-corrected chi connectivity index (χ3v) is 2.68. The molecule has 0 radical (unpaired) electrons. The summed E-state index contributed by atoms with van der Waals surface area (Å²) >= 11 is 0. The lowest BCUT2D eigenvalue weighted by molar-refractivity contribution is 0.0788. The quantitative estimate of drug-likeness (QED) is 0.785. The molecular weight excluding hydrogens is 180 g/mol. The number of ether oxygens (including phenoxy) is 1. The fraction of sp³-hybridized carbons (Fsp3) is 0.700. The third-order valence-electron chi connectivity index (χ3n) is 2.68. The van der Waals surface area contributed by atoms with Gasteiger partial charge in [0.1, 0.15) is 5.76 Å². The van der Waals surface area contributed by atoms with Crippen LogP contribution in [0.1, 0.15) is 30.1 Å². The summed E-state index contributed by atoms with van der Waals surface area (Å²) in [7, 11) is 0. The van der Waals surface area contributed by atoms with E-state index < -0.39 is 0 Å². The van der Waals surface area contributed by atoms with Crippen LogP contribution in [0.5, 0.6) is 0 Å². The first-order valence-corrected chi connectivity index (χ1v) is 5.13. The first-order valence-electron chi connectivity index (χ1n) is 5.13. The molecule has 2 rings (SSSR count). The Morgan fingerprint density at radius 3 is 2.93 bits per heavy atom. The Balaban J connectivity index is 2.09. The van der Waals surface area contributed by atoms with E-state index in [1.807, 2.05) is 0 Å². The highest BCUT2D eigenvalue weighted by atomic mass is 16.5. The zero-order valence-corrected chi connectivity index (χ0v) is 8.24. The molecule has 2 N–H and O–H groups in total. The van der Waals surface area contributed by atoms with Crippen molar-refractivity contribution in [3.63, 3.8) is 0 Å². The van der Waals surface area contributed by atoms with Crippen LogP contribution in [0.15, 0.2) is 10.7 Å². The van der Waals surface area contributed by atoms with Crippen molar-refractivity contribution in [3.8, 4) is 0 Å². The van der Waals surface area contributed by atoms with E-state index >= 15 is 0 Å². The van der Waals surface area contributed by atoms with Crippen molar-refractivity contribution in [2.75, 3.05) is 19.8 Å². The standard InChI is InChI=1S/C10H16N2O2/c11-4-1-9-7-12-14-10(9)8-2-5-13-6-3-8/h7-8H,1-6,11H2. The van der Waals surface area contributed by atoms with Crippen molar-refractivity contribution in [1.29, 1.82) is 0 Å². The number of nitrogens with two attached hydrogens (primary N) is 1. The molecule has 0 atom stereocenters. The lowest BCUT2D eigenvalue weighted by atomic mass is 9.94. The molecule has 0 aromatic carbocycles. The van der Waals surface area contributed by atoms with Gasteiger partial charge in [0.15, 0.2) is 0 Å². The number of aromatic nitrogens is 1. The van der Waals surface area contributed by atoms with Gasteiger partial charge in [-0.1, -0.05) is 5.16 Å². The summed E-state index contributed by atoms with van der Waals surface area (Å²) in [6.07, 6.45) is 4.72. The second kappa shape index (κ2) is 4.57. The molecule has 1 saturated heterocycles. The number of nitrogens with zero attached hydrogens (tertiary/aromatic N) is 1. The summed E-state index contributed by atoms with van der Waals surface area (Å²) in [6.45, 7) is 2.30. The molecular formula is C10H16N2O2. The molecule has 1 fully saturated rings. The van der Waals surface area contributed by atoms with Crippen LogP contribution in [0.25, 0.3) is 0 Å². The molecule has 14 heavy (non-hydrogen) atoms. The molecule has 0 spiro atoms. The highest BCUT2D eigenvalue weighted by molar-refractivity contribution is 5.18. The van der Waals surface area contributed by atoms with Gasteiger partial charge < -0.3 is 15.0 Å². The molecule has 0 unspecified atom stereocenters. The highest BCUT2D eigenvalue weighted by Gasteiger charge is 2.22. The molecule has 0 aliphatic carbocycles. The Kier molecular flexibility index (Phi) is 3.16. The van der Waals surface area contributed by atoms with Crippen molar-refractivity contribution >= 4 is 0 Å². The monoisotopic (exact) mass is 196 g/mol. The molecule has 1 aromatic rings. The molecule has 0 saturated carbocycles.